The standard InChI is InChI=1S/C28H29ClF3N5O/c1-26(7-4-8-26)33-14-17-9-21-22(23(10-17)28(30,31)32)15-37(24(21)38)20-6-3-5-18(11-20)27(12-19(29)13-27)25-35-34-16-36(25)2/h3,5-6,9-11,16,19,33H,4,7-8,12-15H2,1-2H3/t19-,27-. The van der Waals surface area contributed by atoms with Gasteiger partial charge < -0.3 is 14.8 Å². The first-order valence-corrected chi connectivity index (χ1v) is 13.3. The highest BCUT2D eigenvalue weighted by molar-refractivity contribution is 6.21. The van der Waals surface area contributed by atoms with Gasteiger partial charge in [0.25, 0.3) is 5.91 Å². The van der Waals surface area contributed by atoms with Gasteiger partial charge >= 0.3 is 6.18 Å². The zero-order valence-corrected chi connectivity index (χ0v) is 22.0. The Morgan fingerprint density at radius 3 is 2.55 bits per heavy atom. The van der Waals surface area contributed by atoms with Gasteiger partial charge in [0, 0.05) is 35.8 Å². The smallest absolute Gasteiger partial charge is 0.320 e. The molecule has 38 heavy (non-hydrogen) atoms. The van der Waals surface area contributed by atoms with E-state index in [9.17, 15) is 18.0 Å². The average molecular weight is 544 g/mol. The molecule has 3 aromatic rings. The number of hydrogen-bond acceptors (Lipinski definition) is 4. The minimum Gasteiger partial charge on any atom is -0.320 e. The predicted octanol–water partition coefficient (Wildman–Crippen LogP) is 5.71. The molecule has 1 aromatic heterocycles. The summed E-state index contributed by atoms with van der Waals surface area (Å²) in [5, 5.41) is 11.7. The van der Waals surface area contributed by atoms with Crippen LogP contribution in [0.3, 0.4) is 0 Å². The number of carbonyl (C=O) groups is 1. The second-order valence-electron chi connectivity index (χ2n) is 11.2. The summed E-state index contributed by atoms with van der Waals surface area (Å²) in [5.41, 5.74) is 0.827. The van der Waals surface area contributed by atoms with Crippen LogP contribution in [0, 0.1) is 0 Å². The molecule has 3 aliphatic rings. The van der Waals surface area contributed by atoms with Crippen LogP contribution in [0.25, 0.3) is 0 Å². The summed E-state index contributed by atoms with van der Waals surface area (Å²) in [6.45, 7) is 2.24. The Hall–Kier alpha value is -2.91. The first kappa shape index (κ1) is 25.4. The lowest BCUT2D eigenvalue weighted by atomic mass is 9.63. The van der Waals surface area contributed by atoms with Gasteiger partial charge in [0.15, 0.2) is 0 Å². The molecule has 6 rings (SSSR count). The number of nitrogens with one attached hydrogen (secondary N) is 1. The SMILES string of the molecule is Cn1cnnc1[C@]1(c2cccc(N3Cc4c(cc(CNC5(C)CCC5)cc4C(F)(F)F)C3=O)c2)C[C@@H](Cl)C1. The molecule has 2 saturated carbocycles. The predicted molar refractivity (Wildman–Crippen MR) is 138 cm³/mol. The maximum atomic E-state index is 14.2. The number of fused-ring (bicyclic) bond motifs is 1. The molecule has 6 nitrogen and oxygen atoms in total. The van der Waals surface area contributed by atoms with E-state index < -0.39 is 23.1 Å². The number of rotatable bonds is 6. The van der Waals surface area contributed by atoms with Gasteiger partial charge in [0.05, 0.1) is 17.5 Å². The van der Waals surface area contributed by atoms with Crippen LogP contribution in [0.15, 0.2) is 42.7 Å². The molecule has 2 aliphatic carbocycles. The second kappa shape index (κ2) is 8.81. The maximum absolute atomic E-state index is 14.2. The summed E-state index contributed by atoms with van der Waals surface area (Å²) in [4.78, 5) is 15.0. The maximum Gasteiger partial charge on any atom is 0.416 e. The molecule has 2 aromatic carbocycles. The minimum absolute atomic E-state index is 0.0170. The zero-order chi connectivity index (χ0) is 26.9. The van der Waals surface area contributed by atoms with Crippen LogP contribution < -0.4 is 10.2 Å². The van der Waals surface area contributed by atoms with E-state index in [4.69, 9.17) is 11.6 Å². The number of hydrogen-bond donors (Lipinski definition) is 1. The number of carbonyl (C=O) groups excluding carboxylic acids is 1. The molecule has 2 fully saturated rings. The summed E-state index contributed by atoms with van der Waals surface area (Å²) in [7, 11) is 1.87. The summed E-state index contributed by atoms with van der Waals surface area (Å²) in [5.74, 6) is 0.357. The number of aryl methyl sites for hydroxylation is 1. The summed E-state index contributed by atoms with van der Waals surface area (Å²) in [6, 6.07) is 10.3. The molecule has 2 heterocycles. The van der Waals surface area contributed by atoms with Gasteiger partial charge in [-0.05, 0) is 80.0 Å². The first-order chi connectivity index (χ1) is 18.0. The summed E-state index contributed by atoms with van der Waals surface area (Å²) < 4.78 is 44.3. The molecule has 1 aliphatic heterocycles. The number of benzene rings is 2. The molecule has 1 amide bonds. The number of anilines is 1. The van der Waals surface area contributed by atoms with E-state index in [-0.39, 0.29) is 35.1 Å². The summed E-state index contributed by atoms with van der Waals surface area (Å²) >= 11 is 6.41. The highest BCUT2D eigenvalue weighted by Crippen LogP contribution is 2.51. The Morgan fingerprint density at radius 2 is 1.95 bits per heavy atom. The molecule has 10 heteroatoms. The van der Waals surface area contributed by atoms with Crippen LogP contribution in [0.4, 0.5) is 18.9 Å². The van der Waals surface area contributed by atoms with E-state index >= 15 is 0 Å². The van der Waals surface area contributed by atoms with Gasteiger partial charge in [0.2, 0.25) is 0 Å². The van der Waals surface area contributed by atoms with E-state index in [1.807, 2.05) is 29.8 Å². The van der Waals surface area contributed by atoms with Crippen molar-refractivity contribution in [3.05, 3.63) is 76.4 Å². The third-order valence-corrected chi connectivity index (χ3v) is 8.88. The van der Waals surface area contributed by atoms with E-state index in [2.05, 4.69) is 22.4 Å². The number of aromatic nitrogens is 3. The van der Waals surface area contributed by atoms with Crippen LogP contribution in [0.1, 0.15) is 77.5 Å². The van der Waals surface area contributed by atoms with E-state index in [1.54, 1.807) is 18.5 Å². The van der Waals surface area contributed by atoms with Crippen LogP contribution in [-0.2, 0) is 31.7 Å². The van der Waals surface area contributed by atoms with E-state index in [0.717, 1.165) is 30.7 Å². The fourth-order valence-electron chi connectivity index (χ4n) is 6.16. The molecule has 0 saturated heterocycles. The van der Waals surface area contributed by atoms with Crippen molar-refractivity contribution in [3.63, 3.8) is 0 Å². The third kappa shape index (κ3) is 4.11. The molecule has 1 N–H and O–H groups in total. The van der Waals surface area contributed by atoms with Crippen LogP contribution >= 0.6 is 11.6 Å². The topological polar surface area (TPSA) is 63.1 Å². The van der Waals surface area contributed by atoms with Crippen molar-refractivity contribution in [2.24, 2.45) is 7.05 Å². The largest absolute Gasteiger partial charge is 0.416 e. The van der Waals surface area contributed by atoms with E-state index in [0.29, 0.717) is 24.1 Å². The van der Waals surface area contributed by atoms with Crippen molar-refractivity contribution in [2.75, 3.05) is 4.90 Å². The fraction of sp³-hybridized carbons (Fsp3) is 0.464. The number of nitrogens with zero attached hydrogens (tertiary/aromatic N) is 4. The Balaban J connectivity index is 1.34. The lowest BCUT2D eigenvalue weighted by Crippen LogP contribution is -2.47. The summed E-state index contributed by atoms with van der Waals surface area (Å²) in [6.07, 6.45) is 1.49. The molecular weight excluding hydrogens is 515 g/mol. The zero-order valence-electron chi connectivity index (χ0n) is 21.3. The quantitative estimate of drug-likeness (QED) is 0.404. The van der Waals surface area contributed by atoms with Gasteiger partial charge in [-0.3, -0.25) is 4.79 Å². The highest BCUT2D eigenvalue weighted by atomic mass is 35.5. The van der Waals surface area contributed by atoms with Crippen molar-refractivity contribution >= 4 is 23.2 Å². The average Bonchev–Trinajstić information content (AvgIpc) is 3.41. The Morgan fingerprint density at radius 1 is 1.18 bits per heavy atom. The second-order valence-corrected chi connectivity index (χ2v) is 11.8. The van der Waals surface area contributed by atoms with Crippen LogP contribution in [0.2, 0.25) is 0 Å². The van der Waals surface area contributed by atoms with Crippen molar-refractivity contribution < 1.29 is 18.0 Å². The van der Waals surface area contributed by atoms with Crippen molar-refractivity contribution in [1.82, 2.24) is 20.1 Å². The van der Waals surface area contributed by atoms with Gasteiger partial charge in [0.1, 0.15) is 12.2 Å². The molecule has 0 radical (unpaired) electrons. The van der Waals surface area contributed by atoms with Crippen LogP contribution in [0.5, 0.6) is 0 Å². The number of amides is 1. The minimum atomic E-state index is -4.56. The highest BCUT2D eigenvalue weighted by Gasteiger charge is 2.50. The number of alkyl halides is 4. The number of halogens is 4. The monoisotopic (exact) mass is 543 g/mol. The Bertz CT molecular complexity index is 1410. The van der Waals surface area contributed by atoms with E-state index in [1.165, 1.54) is 11.0 Å². The normalized spacial score (nSPS) is 24.2. The molecule has 0 atom stereocenters. The van der Waals surface area contributed by atoms with Crippen molar-refractivity contribution in [1.29, 1.82) is 0 Å². The van der Waals surface area contributed by atoms with Gasteiger partial charge in [-0.15, -0.1) is 21.8 Å². The molecule has 200 valence electrons. The third-order valence-electron chi connectivity index (χ3n) is 8.57. The van der Waals surface area contributed by atoms with Gasteiger partial charge in [-0.1, -0.05) is 12.1 Å². The molecule has 0 spiro atoms. The van der Waals surface area contributed by atoms with Crippen LogP contribution in [-0.4, -0.2) is 31.6 Å². The molecule has 0 bridgehead atoms. The van der Waals surface area contributed by atoms with Crippen molar-refractivity contribution in [3.8, 4) is 0 Å². The molecular formula is C28H29ClF3N5O. The van der Waals surface area contributed by atoms with Gasteiger partial charge in [-0.25, -0.2) is 0 Å². The van der Waals surface area contributed by atoms with Gasteiger partial charge in [-0.2, -0.15) is 13.2 Å². The Kier molecular flexibility index (Phi) is 5.88. The molecule has 0 unspecified atom stereocenters. The fourth-order valence-corrected chi connectivity index (χ4v) is 6.69. The Labute approximate surface area is 224 Å². The van der Waals surface area contributed by atoms with Crippen molar-refractivity contribution in [2.45, 2.75) is 74.6 Å². The first-order valence-electron chi connectivity index (χ1n) is 12.9. The lowest BCUT2D eigenvalue weighted by Gasteiger charge is -2.44. The lowest BCUT2D eigenvalue weighted by molar-refractivity contribution is -0.138.